The number of rotatable bonds is 11. The summed E-state index contributed by atoms with van der Waals surface area (Å²) in [4.78, 5) is 36.3. The fourth-order valence-electron chi connectivity index (χ4n) is 4.56. The van der Waals surface area contributed by atoms with Crippen molar-refractivity contribution in [1.29, 1.82) is 0 Å². The molecule has 180 valence electrons. The highest BCUT2D eigenvalue weighted by Gasteiger charge is 2.48. The molecule has 33 heavy (non-hydrogen) atoms. The van der Waals surface area contributed by atoms with Crippen LogP contribution in [0.15, 0.2) is 24.4 Å². The van der Waals surface area contributed by atoms with Crippen molar-refractivity contribution in [3.63, 3.8) is 0 Å². The standard InChI is InChI=1S/C24H35N5O4/c1-4-5-6-7-8-13-27-24(23(31)33-3)12-15-29(19(16-24)22(25)30)18-11-14-26-17-9-10-20(32-2)28-21(17)18/h9-11,14,19,27H,4-8,12-13,15-16H2,1-3H3,(H2,25,30). The van der Waals surface area contributed by atoms with Gasteiger partial charge >= 0.3 is 5.97 Å². The third-order valence-corrected chi connectivity index (χ3v) is 6.40. The highest BCUT2D eigenvalue weighted by molar-refractivity contribution is 5.93. The number of nitrogens with zero attached hydrogens (tertiary/aromatic N) is 3. The average Bonchev–Trinajstić information content (AvgIpc) is 2.84. The van der Waals surface area contributed by atoms with E-state index in [4.69, 9.17) is 15.2 Å². The summed E-state index contributed by atoms with van der Waals surface area (Å²) in [5.74, 6) is -0.403. The third-order valence-electron chi connectivity index (χ3n) is 6.40. The van der Waals surface area contributed by atoms with Crippen molar-refractivity contribution in [2.75, 3.05) is 32.2 Å². The zero-order valence-electron chi connectivity index (χ0n) is 19.8. The highest BCUT2D eigenvalue weighted by atomic mass is 16.5. The average molecular weight is 458 g/mol. The van der Waals surface area contributed by atoms with Crippen LogP contribution < -0.4 is 20.7 Å². The first-order valence-electron chi connectivity index (χ1n) is 11.6. The Hall–Kier alpha value is -2.94. The zero-order valence-corrected chi connectivity index (χ0v) is 19.8. The summed E-state index contributed by atoms with van der Waals surface area (Å²) in [7, 11) is 2.93. The van der Waals surface area contributed by atoms with Crippen molar-refractivity contribution >= 4 is 28.6 Å². The Bertz CT molecular complexity index is 969. The van der Waals surface area contributed by atoms with Crippen LogP contribution in [0.4, 0.5) is 5.69 Å². The lowest BCUT2D eigenvalue weighted by Crippen LogP contribution is -2.64. The maximum Gasteiger partial charge on any atom is 0.326 e. The molecule has 2 atom stereocenters. The molecule has 0 aliphatic carbocycles. The molecule has 3 N–H and O–H groups in total. The first kappa shape index (κ1) is 24.7. The smallest absolute Gasteiger partial charge is 0.326 e. The van der Waals surface area contributed by atoms with E-state index < -0.39 is 17.5 Å². The van der Waals surface area contributed by atoms with Crippen LogP contribution in [0, 0.1) is 0 Å². The van der Waals surface area contributed by atoms with Crippen LogP contribution in [-0.2, 0) is 14.3 Å². The summed E-state index contributed by atoms with van der Waals surface area (Å²) in [6, 6.07) is 4.68. The largest absolute Gasteiger partial charge is 0.481 e. The van der Waals surface area contributed by atoms with E-state index in [1.807, 2.05) is 17.0 Å². The van der Waals surface area contributed by atoms with Gasteiger partial charge in [-0.05, 0) is 31.5 Å². The number of carbonyl (C=O) groups is 2. The van der Waals surface area contributed by atoms with E-state index in [0.29, 0.717) is 36.4 Å². The van der Waals surface area contributed by atoms with Gasteiger partial charge in [0.2, 0.25) is 11.8 Å². The minimum Gasteiger partial charge on any atom is -0.481 e. The molecule has 1 amide bonds. The number of amides is 1. The summed E-state index contributed by atoms with van der Waals surface area (Å²) in [6.07, 6.45) is 8.00. The molecule has 9 nitrogen and oxygen atoms in total. The monoisotopic (exact) mass is 457 g/mol. The Labute approximate surface area is 195 Å². The lowest BCUT2D eigenvalue weighted by Gasteiger charge is -2.45. The number of aromatic nitrogens is 2. The fourth-order valence-corrected chi connectivity index (χ4v) is 4.56. The van der Waals surface area contributed by atoms with E-state index >= 15 is 0 Å². The first-order valence-corrected chi connectivity index (χ1v) is 11.6. The van der Waals surface area contributed by atoms with Crippen LogP contribution in [-0.4, -0.2) is 60.7 Å². The molecule has 9 heteroatoms. The summed E-state index contributed by atoms with van der Waals surface area (Å²) in [5.41, 5.74) is 6.94. The van der Waals surface area contributed by atoms with Crippen molar-refractivity contribution < 1.29 is 19.1 Å². The number of pyridine rings is 2. The molecule has 0 saturated carbocycles. The molecule has 3 heterocycles. The van der Waals surface area contributed by atoms with Crippen LogP contribution in [0.3, 0.4) is 0 Å². The zero-order chi connectivity index (χ0) is 23.8. The van der Waals surface area contributed by atoms with Crippen molar-refractivity contribution in [2.24, 2.45) is 5.73 Å². The number of fused-ring (bicyclic) bond motifs is 1. The van der Waals surface area contributed by atoms with Gasteiger partial charge in [0.1, 0.15) is 17.1 Å². The van der Waals surface area contributed by atoms with Gasteiger partial charge in [0.15, 0.2) is 0 Å². The summed E-state index contributed by atoms with van der Waals surface area (Å²) >= 11 is 0. The Balaban J connectivity index is 1.86. The molecule has 2 aromatic rings. The SMILES string of the molecule is CCCCCCCNC1(C(=O)OC)CCN(c2ccnc3ccc(OC)nc23)C(C(N)=O)C1. The van der Waals surface area contributed by atoms with Crippen molar-refractivity contribution in [3.8, 4) is 5.88 Å². The second-order valence-corrected chi connectivity index (χ2v) is 8.53. The number of primary amides is 1. The predicted molar refractivity (Wildman–Crippen MR) is 127 cm³/mol. The number of methoxy groups -OCH3 is 2. The quantitative estimate of drug-likeness (QED) is 0.390. The van der Waals surface area contributed by atoms with Crippen molar-refractivity contribution in [1.82, 2.24) is 15.3 Å². The van der Waals surface area contributed by atoms with Gasteiger partial charge in [-0.2, -0.15) is 0 Å². The van der Waals surface area contributed by atoms with Gasteiger partial charge in [-0.15, -0.1) is 0 Å². The van der Waals surface area contributed by atoms with Gasteiger partial charge in [0.05, 0.1) is 25.4 Å². The maximum absolute atomic E-state index is 12.9. The Morgan fingerprint density at radius 3 is 2.70 bits per heavy atom. The molecule has 0 bridgehead atoms. The molecule has 1 saturated heterocycles. The first-order chi connectivity index (χ1) is 16.0. The second-order valence-electron chi connectivity index (χ2n) is 8.53. The molecule has 1 aliphatic heterocycles. The van der Waals surface area contributed by atoms with E-state index in [0.717, 1.165) is 18.5 Å². The number of hydrogen-bond acceptors (Lipinski definition) is 8. The Kier molecular flexibility index (Phi) is 8.43. The molecule has 1 fully saturated rings. The van der Waals surface area contributed by atoms with E-state index in [-0.39, 0.29) is 12.4 Å². The molecule has 2 aromatic heterocycles. The number of nitrogens with two attached hydrogens (primary N) is 1. The summed E-state index contributed by atoms with van der Waals surface area (Å²) < 4.78 is 10.4. The van der Waals surface area contributed by atoms with Crippen LogP contribution >= 0.6 is 0 Å². The maximum atomic E-state index is 12.9. The Morgan fingerprint density at radius 1 is 1.21 bits per heavy atom. The van der Waals surface area contributed by atoms with Gasteiger partial charge in [-0.3, -0.25) is 14.6 Å². The van der Waals surface area contributed by atoms with E-state index in [1.165, 1.54) is 26.4 Å². The minimum absolute atomic E-state index is 0.220. The van der Waals surface area contributed by atoms with Gasteiger partial charge in [0, 0.05) is 25.2 Å². The number of unbranched alkanes of at least 4 members (excludes halogenated alkanes) is 4. The fraction of sp³-hybridized carbons (Fsp3) is 0.583. The molecule has 0 radical (unpaired) electrons. The normalized spacial score (nSPS) is 20.6. The highest BCUT2D eigenvalue weighted by Crippen LogP contribution is 2.35. The second kappa shape index (κ2) is 11.3. The minimum atomic E-state index is -0.955. The van der Waals surface area contributed by atoms with E-state index in [9.17, 15) is 9.59 Å². The van der Waals surface area contributed by atoms with Crippen LogP contribution in [0.2, 0.25) is 0 Å². The van der Waals surface area contributed by atoms with Crippen molar-refractivity contribution in [2.45, 2.75) is 63.5 Å². The molecular formula is C24H35N5O4. The molecule has 2 unspecified atom stereocenters. The number of esters is 1. The summed E-state index contributed by atoms with van der Waals surface area (Å²) in [5, 5.41) is 3.42. The van der Waals surface area contributed by atoms with E-state index in [1.54, 1.807) is 19.4 Å². The van der Waals surface area contributed by atoms with Gasteiger partial charge in [-0.1, -0.05) is 32.6 Å². The number of piperidine rings is 1. The molecular weight excluding hydrogens is 422 g/mol. The number of ether oxygens (including phenoxy) is 2. The van der Waals surface area contributed by atoms with E-state index in [2.05, 4.69) is 22.2 Å². The Morgan fingerprint density at radius 2 is 2.00 bits per heavy atom. The lowest BCUT2D eigenvalue weighted by molar-refractivity contribution is -0.150. The van der Waals surface area contributed by atoms with Crippen LogP contribution in [0.5, 0.6) is 5.88 Å². The molecule has 0 spiro atoms. The number of hydrogen-bond donors (Lipinski definition) is 2. The summed E-state index contributed by atoms with van der Waals surface area (Å²) in [6.45, 7) is 3.30. The number of anilines is 1. The van der Waals surface area contributed by atoms with Crippen LogP contribution in [0.1, 0.15) is 51.9 Å². The molecule has 1 aliphatic rings. The number of nitrogens with one attached hydrogen (secondary N) is 1. The number of carbonyl (C=O) groups excluding carboxylic acids is 2. The molecule has 0 aromatic carbocycles. The molecule has 3 rings (SSSR count). The third kappa shape index (κ3) is 5.52. The predicted octanol–water partition coefficient (Wildman–Crippen LogP) is 2.56. The topological polar surface area (TPSA) is 120 Å². The van der Waals surface area contributed by atoms with Gasteiger partial charge in [0.25, 0.3) is 0 Å². The lowest BCUT2D eigenvalue weighted by atomic mass is 9.82. The van der Waals surface area contributed by atoms with Gasteiger partial charge < -0.3 is 25.4 Å². The van der Waals surface area contributed by atoms with Crippen molar-refractivity contribution in [3.05, 3.63) is 24.4 Å². The van der Waals surface area contributed by atoms with Gasteiger partial charge in [-0.25, -0.2) is 4.98 Å². The van der Waals surface area contributed by atoms with Crippen LogP contribution in [0.25, 0.3) is 11.0 Å².